The van der Waals surface area contributed by atoms with Crippen molar-refractivity contribution >= 4 is 35.2 Å². The molecule has 1 fully saturated rings. The molecule has 1 aliphatic rings. The molecule has 0 spiro atoms. The van der Waals surface area contributed by atoms with Gasteiger partial charge in [0.1, 0.15) is 6.54 Å². The lowest BCUT2D eigenvalue weighted by atomic mass is 10.1. The molecular weight excluding hydrogens is 377 g/mol. The summed E-state index contributed by atoms with van der Waals surface area (Å²) in [5.74, 6) is 0.0112. The van der Waals surface area contributed by atoms with E-state index >= 15 is 0 Å². The van der Waals surface area contributed by atoms with Crippen molar-refractivity contribution in [2.75, 3.05) is 33.3 Å². The standard InChI is InChI=1S/C18H25Cl2N3O3/c1-3-26-18(25)23-8-6-14(7-9-23)21-17(24)12-22(2)11-13-4-5-15(19)16(20)10-13/h4-5,10,14H,3,6-9,11-12H2,1-2H3,(H,21,24)/p+1. The third kappa shape index (κ3) is 6.34. The van der Waals surface area contributed by atoms with Crippen molar-refractivity contribution in [3.8, 4) is 0 Å². The fraction of sp³-hybridized carbons (Fsp3) is 0.556. The van der Waals surface area contributed by atoms with E-state index in [1.807, 2.05) is 19.2 Å². The van der Waals surface area contributed by atoms with Gasteiger partial charge in [-0.25, -0.2) is 4.79 Å². The Morgan fingerprint density at radius 2 is 1.96 bits per heavy atom. The molecule has 1 unspecified atom stereocenters. The second-order valence-electron chi connectivity index (χ2n) is 6.59. The molecule has 2 amide bonds. The van der Waals surface area contributed by atoms with E-state index in [1.54, 1.807) is 17.9 Å². The number of piperidine rings is 1. The summed E-state index contributed by atoms with van der Waals surface area (Å²) in [5, 5.41) is 4.11. The number of ether oxygens (including phenoxy) is 1. The van der Waals surface area contributed by atoms with Crippen LogP contribution in [0.25, 0.3) is 0 Å². The number of nitrogens with zero attached hydrogens (tertiary/aromatic N) is 1. The molecule has 0 aromatic heterocycles. The van der Waals surface area contributed by atoms with Gasteiger partial charge < -0.3 is 19.9 Å². The molecule has 2 N–H and O–H groups in total. The number of amides is 2. The van der Waals surface area contributed by atoms with Crippen molar-refractivity contribution in [3.05, 3.63) is 33.8 Å². The molecule has 2 rings (SSSR count). The van der Waals surface area contributed by atoms with Gasteiger partial charge in [0.15, 0.2) is 6.54 Å². The number of carbonyl (C=O) groups excluding carboxylic acids is 2. The minimum absolute atomic E-state index is 0.0112. The summed E-state index contributed by atoms with van der Waals surface area (Å²) in [6.45, 7) is 4.45. The van der Waals surface area contributed by atoms with Gasteiger partial charge in [-0.15, -0.1) is 0 Å². The summed E-state index contributed by atoms with van der Waals surface area (Å²) >= 11 is 12.0. The number of nitrogens with one attached hydrogen (secondary N) is 2. The molecule has 26 heavy (non-hydrogen) atoms. The van der Waals surface area contributed by atoms with Crippen LogP contribution in [-0.2, 0) is 16.1 Å². The first-order valence-corrected chi connectivity index (χ1v) is 9.61. The third-order valence-electron chi connectivity index (χ3n) is 4.34. The zero-order valence-electron chi connectivity index (χ0n) is 15.2. The highest BCUT2D eigenvalue weighted by Gasteiger charge is 2.25. The van der Waals surface area contributed by atoms with Gasteiger partial charge in [-0.1, -0.05) is 29.3 Å². The molecule has 0 saturated carbocycles. The van der Waals surface area contributed by atoms with E-state index in [2.05, 4.69) is 5.32 Å². The number of likely N-dealkylation sites (N-methyl/N-ethyl adjacent to an activating group) is 1. The van der Waals surface area contributed by atoms with Crippen molar-refractivity contribution in [3.63, 3.8) is 0 Å². The Bertz CT molecular complexity index is 634. The molecule has 6 nitrogen and oxygen atoms in total. The van der Waals surface area contributed by atoms with E-state index in [1.165, 1.54) is 0 Å². The normalized spacial score (nSPS) is 16.2. The van der Waals surface area contributed by atoms with Gasteiger partial charge in [-0.3, -0.25) is 4.79 Å². The number of hydrogen-bond donors (Lipinski definition) is 2. The molecular formula is C18H26Cl2N3O3+. The number of likely N-dealkylation sites (tertiary alicyclic amines) is 1. The number of rotatable bonds is 6. The molecule has 1 aromatic carbocycles. The van der Waals surface area contributed by atoms with Gasteiger partial charge in [0.25, 0.3) is 5.91 Å². The van der Waals surface area contributed by atoms with Crippen molar-refractivity contribution in [1.82, 2.24) is 10.2 Å². The van der Waals surface area contributed by atoms with Gasteiger partial charge in [0, 0.05) is 24.7 Å². The second kappa shape index (κ2) is 10.00. The van der Waals surface area contributed by atoms with E-state index in [-0.39, 0.29) is 18.0 Å². The number of halogens is 2. The van der Waals surface area contributed by atoms with E-state index < -0.39 is 0 Å². The number of benzene rings is 1. The van der Waals surface area contributed by atoms with Crippen molar-refractivity contribution < 1.29 is 19.2 Å². The molecule has 8 heteroatoms. The summed E-state index contributed by atoms with van der Waals surface area (Å²) in [6.07, 6.45) is 1.22. The lowest BCUT2D eigenvalue weighted by Gasteiger charge is -2.31. The smallest absolute Gasteiger partial charge is 0.409 e. The van der Waals surface area contributed by atoms with Crippen molar-refractivity contribution in [2.45, 2.75) is 32.4 Å². The van der Waals surface area contributed by atoms with Gasteiger partial charge in [0.05, 0.1) is 23.7 Å². The lowest BCUT2D eigenvalue weighted by molar-refractivity contribution is -0.885. The van der Waals surface area contributed by atoms with E-state index in [0.29, 0.717) is 42.8 Å². The van der Waals surface area contributed by atoms with Gasteiger partial charge in [-0.2, -0.15) is 0 Å². The van der Waals surface area contributed by atoms with Crippen molar-refractivity contribution in [1.29, 1.82) is 0 Å². The first-order valence-electron chi connectivity index (χ1n) is 8.85. The summed E-state index contributed by atoms with van der Waals surface area (Å²) in [6, 6.07) is 5.62. The summed E-state index contributed by atoms with van der Waals surface area (Å²) in [5.41, 5.74) is 1.03. The maximum Gasteiger partial charge on any atom is 0.409 e. The molecule has 1 aliphatic heterocycles. The molecule has 0 aliphatic carbocycles. The molecule has 1 aromatic rings. The summed E-state index contributed by atoms with van der Waals surface area (Å²) in [7, 11) is 1.96. The predicted octanol–water partition coefficient (Wildman–Crippen LogP) is 1.75. The average Bonchev–Trinajstić information content (AvgIpc) is 2.59. The topological polar surface area (TPSA) is 63.1 Å². The largest absolute Gasteiger partial charge is 0.450 e. The summed E-state index contributed by atoms with van der Waals surface area (Å²) in [4.78, 5) is 26.7. The molecule has 1 heterocycles. The molecule has 0 bridgehead atoms. The minimum atomic E-state index is -0.275. The lowest BCUT2D eigenvalue weighted by Crippen LogP contribution is -3.09. The van der Waals surface area contributed by atoms with Crippen LogP contribution in [0.2, 0.25) is 10.0 Å². The van der Waals surface area contributed by atoms with Crippen LogP contribution in [0, 0.1) is 0 Å². The predicted molar refractivity (Wildman–Crippen MR) is 102 cm³/mol. The fourth-order valence-electron chi connectivity index (χ4n) is 3.03. The quantitative estimate of drug-likeness (QED) is 0.761. The monoisotopic (exact) mass is 402 g/mol. The van der Waals surface area contributed by atoms with Crippen LogP contribution in [0.1, 0.15) is 25.3 Å². The van der Waals surface area contributed by atoms with Crippen LogP contribution in [0.3, 0.4) is 0 Å². The van der Waals surface area contributed by atoms with Crippen LogP contribution in [0.5, 0.6) is 0 Å². The highest BCUT2D eigenvalue weighted by Crippen LogP contribution is 2.22. The Morgan fingerprint density at radius 3 is 2.58 bits per heavy atom. The second-order valence-corrected chi connectivity index (χ2v) is 7.40. The van der Waals surface area contributed by atoms with Crippen LogP contribution in [0.15, 0.2) is 18.2 Å². The van der Waals surface area contributed by atoms with E-state index in [9.17, 15) is 9.59 Å². The zero-order chi connectivity index (χ0) is 19.1. The highest BCUT2D eigenvalue weighted by molar-refractivity contribution is 6.42. The van der Waals surface area contributed by atoms with Gasteiger partial charge >= 0.3 is 6.09 Å². The van der Waals surface area contributed by atoms with E-state index in [4.69, 9.17) is 27.9 Å². The van der Waals surface area contributed by atoms with Gasteiger partial charge in [-0.05, 0) is 31.9 Å². The maximum atomic E-state index is 12.3. The van der Waals surface area contributed by atoms with Crippen LogP contribution in [-0.4, -0.2) is 56.2 Å². The minimum Gasteiger partial charge on any atom is -0.450 e. The number of carbonyl (C=O) groups is 2. The Labute approximate surface area is 164 Å². The Kier molecular flexibility index (Phi) is 8.00. The SMILES string of the molecule is CCOC(=O)N1CCC(NC(=O)C[NH+](C)Cc2ccc(Cl)c(Cl)c2)CC1. The Balaban J connectivity index is 1.73. The first-order chi connectivity index (χ1) is 12.4. The average molecular weight is 403 g/mol. The van der Waals surface area contributed by atoms with E-state index in [0.717, 1.165) is 23.3 Å². The Hall–Kier alpha value is -1.50. The molecule has 1 saturated heterocycles. The molecule has 1 atom stereocenters. The first kappa shape index (κ1) is 20.8. The number of quaternary nitrogens is 1. The maximum absolute atomic E-state index is 12.3. The summed E-state index contributed by atoms with van der Waals surface area (Å²) < 4.78 is 5.00. The number of hydrogen-bond acceptors (Lipinski definition) is 3. The fourth-order valence-corrected chi connectivity index (χ4v) is 3.36. The zero-order valence-corrected chi connectivity index (χ0v) is 16.7. The van der Waals surface area contributed by atoms with Crippen LogP contribution >= 0.6 is 23.2 Å². The highest BCUT2D eigenvalue weighted by atomic mass is 35.5. The van der Waals surface area contributed by atoms with Crippen molar-refractivity contribution in [2.24, 2.45) is 0 Å². The molecule has 0 radical (unpaired) electrons. The molecule has 144 valence electrons. The van der Waals surface area contributed by atoms with Crippen LogP contribution in [0.4, 0.5) is 4.79 Å². The third-order valence-corrected chi connectivity index (χ3v) is 5.08. The van der Waals surface area contributed by atoms with Gasteiger partial charge in [0.2, 0.25) is 0 Å². The Morgan fingerprint density at radius 1 is 1.27 bits per heavy atom. The van der Waals surface area contributed by atoms with Crippen LogP contribution < -0.4 is 10.2 Å².